The molecule has 0 aliphatic carbocycles. The topological polar surface area (TPSA) is 93.5 Å². The summed E-state index contributed by atoms with van der Waals surface area (Å²) in [4.78, 5) is 23.1. The Kier molecular flexibility index (Phi) is 4.66. The minimum absolute atomic E-state index is 0.0279. The molecule has 0 radical (unpaired) electrons. The summed E-state index contributed by atoms with van der Waals surface area (Å²) in [7, 11) is 3.18. The van der Waals surface area contributed by atoms with Gasteiger partial charge in [0.15, 0.2) is 5.78 Å². The molecule has 0 spiro atoms. The second kappa shape index (κ2) is 7.16. The number of fused-ring (bicyclic) bond motifs is 1. The monoisotopic (exact) mass is 392 g/mol. The maximum absolute atomic E-state index is 13.4. The molecule has 2 heterocycles. The van der Waals surface area contributed by atoms with Crippen LogP contribution in [-0.4, -0.2) is 36.0 Å². The summed E-state index contributed by atoms with van der Waals surface area (Å²) >= 11 is 0. The van der Waals surface area contributed by atoms with Crippen LogP contribution in [0.1, 0.15) is 19.7 Å². The van der Waals surface area contributed by atoms with Gasteiger partial charge in [0.25, 0.3) is 0 Å². The number of methoxy groups -OCH3 is 2. The van der Waals surface area contributed by atoms with E-state index in [1.54, 1.807) is 20.3 Å². The van der Waals surface area contributed by atoms with E-state index < -0.39 is 6.04 Å². The molecule has 0 fully saturated rings. The van der Waals surface area contributed by atoms with E-state index >= 15 is 0 Å². The summed E-state index contributed by atoms with van der Waals surface area (Å²) < 4.78 is 10.8. The number of nitrogens with two attached hydrogens (primary N) is 1. The lowest BCUT2D eigenvalue weighted by molar-refractivity contribution is -0.115. The van der Waals surface area contributed by atoms with E-state index in [1.165, 1.54) is 0 Å². The van der Waals surface area contributed by atoms with Crippen LogP contribution in [0.15, 0.2) is 48.3 Å². The van der Waals surface area contributed by atoms with Crippen LogP contribution in [0.4, 0.5) is 5.69 Å². The van der Waals surface area contributed by atoms with Crippen molar-refractivity contribution in [3.05, 3.63) is 54.1 Å². The number of anilines is 1. The second-order valence-corrected chi connectivity index (χ2v) is 7.36. The van der Waals surface area contributed by atoms with E-state index in [2.05, 4.69) is 9.97 Å². The molecular formula is C22H24N4O3. The molecule has 150 valence electrons. The van der Waals surface area contributed by atoms with Crippen molar-refractivity contribution in [2.45, 2.75) is 19.9 Å². The molecule has 0 saturated heterocycles. The molecule has 1 aliphatic rings. The van der Waals surface area contributed by atoms with Gasteiger partial charge in [-0.25, -0.2) is 4.98 Å². The Labute approximate surface area is 169 Å². The van der Waals surface area contributed by atoms with Crippen LogP contribution >= 0.6 is 0 Å². The van der Waals surface area contributed by atoms with Gasteiger partial charge < -0.3 is 25.1 Å². The van der Waals surface area contributed by atoms with Gasteiger partial charge in [0, 0.05) is 18.2 Å². The van der Waals surface area contributed by atoms with Crippen molar-refractivity contribution in [1.29, 1.82) is 0 Å². The van der Waals surface area contributed by atoms with E-state index in [-0.39, 0.29) is 11.7 Å². The molecule has 0 amide bonds. The number of nitrogens with zero attached hydrogens (tertiary/aromatic N) is 2. The van der Waals surface area contributed by atoms with Crippen molar-refractivity contribution >= 4 is 28.1 Å². The first kappa shape index (κ1) is 18.9. The van der Waals surface area contributed by atoms with E-state index in [1.807, 2.05) is 55.1 Å². The van der Waals surface area contributed by atoms with Gasteiger partial charge in [-0.15, -0.1) is 0 Å². The van der Waals surface area contributed by atoms with Crippen LogP contribution < -0.4 is 20.1 Å². The zero-order valence-corrected chi connectivity index (χ0v) is 16.9. The minimum Gasteiger partial charge on any atom is -0.497 e. The van der Waals surface area contributed by atoms with Gasteiger partial charge in [-0.1, -0.05) is 26.0 Å². The quantitative estimate of drug-likeness (QED) is 0.692. The fraction of sp³-hybridized carbons (Fsp3) is 0.273. The van der Waals surface area contributed by atoms with Crippen molar-refractivity contribution in [2.24, 2.45) is 11.7 Å². The molecular weight excluding hydrogens is 368 g/mol. The van der Waals surface area contributed by atoms with Gasteiger partial charge in [-0.05, 0) is 18.1 Å². The van der Waals surface area contributed by atoms with Gasteiger partial charge in [-0.2, -0.15) is 0 Å². The number of carbonyl (C=O) groups excluding carboxylic acids is 1. The Morgan fingerprint density at radius 3 is 2.34 bits per heavy atom. The van der Waals surface area contributed by atoms with Crippen LogP contribution in [0, 0.1) is 5.92 Å². The number of rotatable bonds is 5. The van der Waals surface area contributed by atoms with E-state index in [0.717, 1.165) is 16.7 Å². The average molecular weight is 392 g/mol. The molecule has 4 rings (SSSR count). The second-order valence-electron chi connectivity index (χ2n) is 7.36. The van der Waals surface area contributed by atoms with Gasteiger partial charge in [0.2, 0.25) is 0 Å². The molecule has 7 nitrogen and oxygen atoms in total. The number of Topliss-reactive ketones (excluding diaryl/α,β-unsaturated/α-hetero) is 1. The number of ether oxygens (including phenoxy) is 2. The Bertz CT molecular complexity index is 1060. The van der Waals surface area contributed by atoms with Crippen molar-refractivity contribution < 1.29 is 14.3 Å². The third-order valence-corrected chi connectivity index (χ3v) is 5.18. The van der Waals surface area contributed by atoms with Gasteiger partial charge >= 0.3 is 0 Å². The highest BCUT2D eigenvalue weighted by molar-refractivity contribution is 6.28. The lowest BCUT2D eigenvalue weighted by Gasteiger charge is -2.30. The summed E-state index contributed by atoms with van der Waals surface area (Å²) in [6, 6.07) is 12.7. The molecule has 0 saturated carbocycles. The lowest BCUT2D eigenvalue weighted by atomic mass is 9.97. The fourth-order valence-corrected chi connectivity index (χ4v) is 3.80. The molecule has 2 aromatic carbocycles. The maximum Gasteiger partial charge on any atom is 0.193 e. The summed E-state index contributed by atoms with van der Waals surface area (Å²) in [6.45, 7) is 4.00. The molecule has 1 aliphatic heterocycles. The van der Waals surface area contributed by atoms with Crippen LogP contribution in [0.3, 0.4) is 0 Å². The van der Waals surface area contributed by atoms with Gasteiger partial charge in [0.1, 0.15) is 34.8 Å². The number of aromatic amines is 1. The molecule has 3 aromatic rings. The Balaban J connectivity index is 1.89. The molecule has 7 heteroatoms. The largest absolute Gasteiger partial charge is 0.497 e. The summed E-state index contributed by atoms with van der Waals surface area (Å²) in [6.07, 6.45) is 0. The Hall–Kier alpha value is -3.48. The number of para-hydroxylation sites is 2. The standard InChI is InChI=1S/C22H24N4O3/c1-12(2)19-20(27)18(22-24-16-7-5-6-8-17(16)25-22)21(23)26(19)13-9-14(28-3)11-15(10-13)29-4/h5-12,19H,23H2,1-4H3,(H,24,25). The molecule has 1 aromatic heterocycles. The highest BCUT2D eigenvalue weighted by atomic mass is 16.5. The van der Waals surface area contributed by atoms with Crippen LogP contribution in [0.25, 0.3) is 16.6 Å². The number of aromatic nitrogens is 2. The number of benzene rings is 2. The average Bonchev–Trinajstić information content (AvgIpc) is 3.25. The highest BCUT2D eigenvalue weighted by Gasteiger charge is 2.43. The van der Waals surface area contributed by atoms with E-state index in [0.29, 0.717) is 28.7 Å². The minimum atomic E-state index is -0.449. The molecule has 29 heavy (non-hydrogen) atoms. The van der Waals surface area contributed by atoms with Gasteiger partial charge in [-0.3, -0.25) is 4.79 Å². The van der Waals surface area contributed by atoms with E-state index in [4.69, 9.17) is 15.2 Å². The van der Waals surface area contributed by atoms with Crippen molar-refractivity contribution in [2.75, 3.05) is 19.1 Å². The first-order valence-electron chi connectivity index (χ1n) is 9.46. The molecule has 0 bridgehead atoms. The van der Waals surface area contributed by atoms with E-state index in [9.17, 15) is 4.79 Å². The molecule has 1 atom stereocenters. The SMILES string of the molecule is COc1cc(OC)cc(N2C(N)=C(c3nc4ccccc4[nH]3)C(=O)C2C(C)C)c1. The van der Waals surface area contributed by atoms with Crippen molar-refractivity contribution in [3.63, 3.8) is 0 Å². The van der Waals surface area contributed by atoms with Gasteiger partial charge in [0.05, 0.1) is 30.9 Å². The first-order chi connectivity index (χ1) is 13.9. The fourth-order valence-electron chi connectivity index (χ4n) is 3.80. The number of nitrogens with one attached hydrogen (secondary N) is 1. The number of hydrogen-bond donors (Lipinski definition) is 2. The van der Waals surface area contributed by atoms with Crippen molar-refractivity contribution in [1.82, 2.24) is 9.97 Å². The number of ketones is 1. The van der Waals surface area contributed by atoms with Crippen molar-refractivity contribution in [3.8, 4) is 11.5 Å². The normalized spacial score (nSPS) is 16.9. The number of imidazole rings is 1. The number of hydrogen-bond acceptors (Lipinski definition) is 6. The lowest BCUT2D eigenvalue weighted by Crippen LogP contribution is -2.40. The van der Waals surface area contributed by atoms with Crippen LogP contribution in [-0.2, 0) is 4.79 Å². The Morgan fingerprint density at radius 1 is 1.10 bits per heavy atom. The third kappa shape index (κ3) is 3.08. The molecule has 1 unspecified atom stereocenters. The predicted octanol–water partition coefficient (Wildman–Crippen LogP) is 3.32. The predicted molar refractivity (Wildman–Crippen MR) is 113 cm³/mol. The number of carbonyl (C=O) groups is 1. The maximum atomic E-state index is 13.4. The smallest absolute Gasteiger partial charge is 0.193 e. The summed E-state index contributed by atoms with van der Waals surface area (Å²) in [5.41, 5.74) is 9.34. The zero-order valence-electron chi connectivity index (χ0n) is 16.9. The van der Waals surface area contributed by atoms with Crippen LogP contribution in [0.5, 0.6) is 11.5 Å². The molecule has 3 N–H and O–H groups in total. The first-order valence-corrected chi connectivity index (χ1v) is 9.46. The highest BCUT2D eigenvalue weighted by Crippen LogP contribution is 2.39. The summed E-state index contributed by atoms with van der Waals surface area (Å²) in [5.74, 6) is 2.07. The number of H-pyrrole nitrogens is 1. The van der Waals surface area contributed by atoms with Crippen LogP contribution in [0.2, 0.25) is 0 Å². The summed E-state index contributed by atoms with van der Waals surface area (Å²) in [5, 5.41) is 0. The Morgan fingerprint density at radius 2 is 1.76 bits per heavy atom. The zero-order chi connectivity index (χ0) is 20.7. The third-order valence-electron chi connectivity index (χ3n) is 5.18.